The molecular formula is C26H22ClNO4. The monoisotopic (exact) mass is 447 g/mol. The molecular weight excluding hydrogens is 426 g/mol. The number of Topliss-reactive ketones (excluding diaryl/α,β-unsaturated/α-hetero) is 1. The van der Waals surface area contributed by atoms with Gasteiger partial charge in [0, 0.05) is 21.8 Å². The minimum absolute atomic E-state index is 0.0139. The summed E-state index contributed by atoms with van der Waals surface area (Å²) in [5.74, 6) is -1.26. The van der Waals surface area contributed by atoms with Gasteiger partial charge >= 0.3 is 0 Å². The van der Waals surface area contributed by atoms with Gasteiger partial charge in [-0.1, -0.05) is 48.0 Å². The fourth-order valence-electron chi connectivity index (χ4n) is 3.95. The number of methoxy groups -OCH3 is 1. The van der Waals surface area contributed by atoms with Crippen LogP contribution in [0.4, 0.5) is 5.69 Å². The first-order valence-corrected chi connectivity index (χ1v) is 10.5. The number of aryl methyl sites for hydroxylation is 2. The number of ether oxygens (including phenoxy) is 1. The highest BCUT2D eigenvalue weighted by atomic mass is 35.5. The predicted octanol–water partition coefficient (Wildman–Crippen LogP) is 5.59. The lowest BCUT2D eigenvalue weighted by molar-refractivity contribution is -0.132. The van der Waals surface area contributed by atoms with Crippen LogP contribution in [0.2, 0.25) is 5.02 Å². The normalized spacial score (nSPS) is 17.6. The lowest BCUT2D eigenvalue weighted by Gasteiger charge is -2.27. The van der Waals surface area contributed by atoms with E-state index in [2.05, 4.69) is 0 Å². The van der Waals surface area contributed by atoms with Gasteiger partial charge in [-0.2, -0.15) is 0 Å². The van der Waals surface area contributed by atoms with E-state index in [0.29, 0.717) is 27.6 Å². The third kappa shape index (κ3) is 3.65. The van der Waals surface area contributed by atoms with Crippen LogP contribution >= 0.6 is 11.6 Å². The second-order valence-electron chi connectivity index (χ2n) is 7.69. The second kappa shape index (κ2) is 8.52. The number of aliphatic hydroxyl groups excluding tert-OH is 1. The molecule has 6 heteroatoms. The van der Waals surface area contributed by atoms with Gasteiger partial charge in [-0.05, 0) is 55.3 Å². The van der Waals surface area contributed by atoms with Gasteiger partial charge in [-0.3, -0.25) is 14.5 Å². The Bertz CT molecular complexity index is 1260. The van der Waals surface area contributed by atoms with Crippen molar-refractivity contribution in [1.29, 1.82) is 0 Å². The molecule has 0 spiro atoms. The molecule has 1 saturated heterocycles. The molecule has 1 fully saturated rings. The summed E-state index contributed by atoms with van der Waals surface area (Å²) in [7, 11) is 1.53. The fourth-order valence-corrected chi connectivity index (χ4v) is 4.14. The number of benzene rings is 3. The van der Waals surface area contributed by atoms with Crippen LogP contribution in [-0.2, 0) is 9.59 Å². The summed E-state index contributed by atoms with van der Waals surface area (Å²) in [6.45, 7) is 3.92. The molecule has 162 valence electrons. The van der Waals surface area contributed by atoms with E-state index in [1.807, 2.05) is 32.0 Å². The van der Waals surface area contributed by atoms with Gasteiger partial charge in [0.25, 0.3) is 11.7 Å². The van der Waals surface area contributed by atoms with Gasteiger partial charge in [0.15, 0.2) is 0 Å². The number of halogens is 1. The van der Waals surface area contributed by atoms with Crippen molar-refractivity contribution in [2.45, 2.75) is 19.9 Å². The lowest BCUT2D eigenvalue weighted by atomic mass is 9.94. The zero-order valence-electron chi connectivity index (χ0n) is 17.9. The maximum atomic E-state index is 13.3. The van der Waals surface area contributed by atoms with E-state index in [1.165, 1.54) is 12.0 Å². The Morgan fingerprint density at radius 3 is 2.41 bits per heavy atom. The summed E-state index contributed by atoms with van der Waals surface area (Å²) in [6, 6.07) is 18.4. The van der Waals surface area contributed by atoms with Crippen molar-refractivity contribution in [3.05, 3.63) is 99.6 Å². The Hall–Kier alpha value is -3.57. The van der Waals surface area contributed by atoms with Crippen molar-refractivity contribution in [2.75, 3.05) is 12.0 Å². The zero-order chi connectivity index (χ0) is 23.0. The lowest BCUT2D eigenvalue weighted by Crippen LogP contribution is -2.29. The summed E-state index contributed by atoms with van der Waals surface area (Å²) in [4.78, 5) is 27.9. The second-order valence-corrected chi connectivity index (χ2v) is 8.13. The number of hydrogen-bond donors (Lipinski definition) is 1. The number of anilines is 1. The molecule has 0 bridgehead atoms. The smallest absolute Gasteiger partial charge is 0.300 e. The molecule has 3 aromatic rings. The highest BCUT2D eigenvalue weighted by molar-refractivity contribution is 6.51. The van der Waals surface area contributed by atoms with Gasteiger partial charge < -0.3 is 9.84 Å². The average molecular weight is 448 g/mol. The van der Waals surface area contributed by atoms with E-state index in [1.54, 1.807) is 48.5 Å². The molecule has 32 heavy (non-hydrogen) atoms. The Morgan fingerprint density at radius 2 is 1.72 bits per heavy atom. The Kier molecular flexibility index (Phi) is 5.76. The SMILES string of the molecule is COc1ccccc1C1/C(=C(\O)c2cccc(Cl)c2)C(=O)C(=O)N1c1ccc(C)c(C)c1. The van der Waals surface area contributed by atoms with Crippen LogP contribution in [0.3, 0.4) is 0 Å². The largest absolute Gasteiger partial charge is 0.507 e. The van der Waals surface area contributed by atoms with Crippen molar-refractivity contribution in [1.82, 2.24) is 0 Å². The number of nitrogens with zero attached hydrogens (tertiary/aromatic N) is 1. The standard InChI is InChI=1S/C26H22ClNO4/c1-15-11-12-19(13-16(15)2)28-23(20-9-4-5-10-21(20)32-3)22(25(30)26(28)31)24(29)17-7-6-8-18(27)14-17/h4-14,23,29H,1-3H3/b24-22+. The number of ketones is 1. The molecule has 0 radical (unpaired) electrons. The minimum Gasteiger partial charge on any atom is -0.507 e. The maximum Gasteiger partial charge on any atom is 0.300 e. The van der Waals surface area contributed by atoms with Crippen LogP contribution < -0.4 is 9.64 Å². The molecule has 1 atom stereocenters. The Balaban J connectivity index is 2.00. The van der Waals surface area contributed by atoms with E-state index in [-0.39, 0.29) is 11.3 Å². The third-order valence-electron chi connectivity index (χ3n) is 5.74. The number of para-hydroxylation sites is 1. The van der Waals surface area contributed by atoms with Crippen LogP contribution in [-0.4, -0.2) is 23.9 Å². The van der Waals surface area contributed by atoms with Gasteiger partial charge in [-0.25, -0.2) is 0 Å². The molecule has 1 heterocycles. The number of carbonyl (C=O) groups is 2. The van der Waals surface area contributed by atoms with Crippen LogP contribution in [0, 0.1) is 13.8 Å². The van der Waals surface area contributed by atoms with Crippen LogP contribution in [0.1, 0.15) is 28.3 Å². The van der Waals surface area contributed by atoms with E-state index in [9.17, 15) is 14.7 Å². The molecule has 1 amide bonds. The predicted molar refractivity (Wildman–Crippen MR) is 125 cm³/mol. The first-order valence-electron chi connectivity index (χ1n) is 10.1. The molecule has 4 rings (SSSR count). The van der Waals surface area contributed by atoms with Gasteiger partial charge in [0.2, 0.25) is 0 Å². The summed E-state index contributed by atoms with van der Waals surface area (Å²) in [5.41, 5.74) is 3.55. The van der Waals surface area contributed by atoms with Gasteiger partial charge in [-0.15, -0.1) is 0 Å². The molecule has 1 N–H and O–H groups in total. The number of carbonyl (C=O) groups excluding carboxylic acids is 2. The van der Waals surface area contributed by atoms with Crippen molar-refractivity contribution in [3.63, 3.8) is 0 Å². The number of aliphatic hydroxyl groups is 1. The number of rotatable bonds is 4. The topological polar surface area (TPSA) is 66.8 Å². The van der Waals surface area contributed by atoms with Crippen molar-refractivity contribution < 1.29 is 19.4 Å². The van der Waals surface area contributed by atoms with Crippen LogP contribution in [0.15, 0.2) is 72.3 Å². The van der Waals surface area contributed by atoms with E-state index in [4.69, 9.17) is 16.3 Å². The molecule has 1 unspecified atom stereocenters. The molecule has 5 nitrogen and oxygen atoms in total. The average Bonchev–Trinajstić information content (AvgIpc) is 3.05. The first-order chi connectivity index (χ1) is 15.3. The molecule has 0 aromatic heterocycles. The Labute approximate surface area is 191 Å². The number of amides is 1. The quantitative estimate of drug-likeness (QED) is 0.321. The molecule has 1 aliphatic rings. The molecule has 1 aliphatic heterocycles. The fraction of sp³-hybridized carbons (Fsp3) is 0.154. The van der Waals surface area contributed by atoms with Crippen LogP contribution in [0.25, 0.3) is 5.76 Å². The zero-order valence-corrected chi connectivity index (χ0v) is 18.7. The highest BCUT2D eigenvalue weighted by Crippen LogP contribution is 2.45. The van der Waals surface area contributed by atoms with Gasteiger partial charge in [0.05, 0.1) is 18.7 Å². The minimum atomic E-state index is -0.868. The van der Waals surface area contributed by atoms with Crippen molar-refractivity contribution >= 4 is 34.7 Å². The molecule has 3 aromatic carbocycles. The highest BCUT2D eigenvalue weighted by Gasteiger charge is 2.48. The maximum absolute atomic E-state index is 13.3. The summed E-state index contributed by atoms with van der Waals surface area (Å²) in [5, 5.41) is 11.6. The van der Waals surface area contributed by atoms with E-state index in [0.717, 1.165) is 11.1 Å². The molecule has 0 saturated carbocycles. The Morgan fingerprint density at radius 1 is 0.969 bits per heavy atom. The van der Waals surface area contributed by atoms with Crippen molar-refractivity contribution in [2.24, 2.45) is 0 Å². The van der Waals surface area contributed by atoms with Crippen molar-refractivity contribution in [3.8, 4) is 5.75 Å². The summed E-state index contributed by atoms with van der Waals surface area (Å²) < 4.78 is 5.53. The van der Waals surface area contributed by atoms with Crippen LogP contribution in [0.5, 0.6) is 5.75 Å². The summed E-state index contributed by atoms with van der Waals surface area (Å²) in [6.07, 6.45) is 0. The van der Waals surface area contributed by atoms with E-state index < -0.39 is 17.7 Å². The van der Waals surface area contributed by atoms with Gasteiger partial charge in [0.1, 0.15) is 11.5 Å². The number of hydrogen-bond acceptors (Lipinski definition) is 4. The summed E-state index contributed by atoms with van der Waals surface area (Å²) >= 11 is 6.10. The van der Waals surface area contributed by atoms with E-state index >= 15 is 0 Å². The third-order valence-corrected chi connectivity index (χ3v) is 5.98. The first kappa shape index (κ1) is 21.7. The molecule has 0 aliphatic carbocycles.